The highest BCUT2D eigenvalue weighted by molar-refractivity contribution is 6.39. The number of hydrogen-bond donors (Lipinski definition) is 1. The first kappa shape index (κ1) is 13.7. The van der Waals surface area contributed by atoms with Gasteiger partial charge in [-0.05, 0) is 42.0 Å². The van der Waals surface area contributed by atoms with Crippen molar-refractivity contribution in [3.05, 3.63) is 59.9 Å². The molecule has 0 amide bonds. The lowest BCUT2D eigenvalue weighted by Crippen LogP contribution is -2.12. The molecular weight excluding hydrogens is 258 g/mol. The van der Waals surface area contributed by atoms with E-state index in [1.54, 1.807) is 24.5 Å². The molecule has 1 aromatic heterocycles. The predicted octanol–water partition coefficient (Wildman–Crippen LogP) is 1.97. The summed E-state index contributed by atoms with van der Waals surface area (Å²) in [5, 5.41) is 8.59. The quantitative estimate of drug-likeness (QED) is 0.642. The summed E-state index contributed by atoms with van der Waals surface area (Å²) in [6.07, 6.45) is 4.20. The third kappa shape index (κ3) is 3.65. The lowest BCUT2D eigenvalue weighted by atomic mass is 10.1. The van der Waals surface area contributed by atoms with Gasteiger partial charge in [-0.2, -0.15) is 0 Å². The molecule has 0 saturated heterocycles. The smallest absolute Gasteiger partial charge is 0.377 e. The number of rotatable bonds is 6. The molecule has 0 spiro atoms. The number of carbonyl (C=O) groups excluding carboxylic acids is 1. The van der Waals surface area contributed by atoms with Gasteiger partial charge in [0, 0.05) is 24.4 Å². The van der Waals surface area contributed by atoms with Gasteiger partial charge in [0.15, 0.2) is 0 Å². The lowest BCUT2D eigenvalue weighted by molar-refractivity contribution is -0.131. The van der Waals surface area contributed by atoms with Gasteiger partial charge in [-0.3, -0.25) is 9.78 Å². The van der Waals surface area contributed by atoms with Crippen LogP contribution < -0.4 is 4.74 Å². The Bertz CT molecular complexity index is 593. The molecule has 5 nitrogen and oxygen atoms in total. The zero-order chi connectivity index (χ0) is 14.4. The summed E-state index contributed by atoms with van der Waals surface area (Å²) in [6.45, 7) is 0.496. The van der Waals surface area contributed by atoms with Crippen LogP contribution in [-0.2, 0) is 11.2 Å². The first-order valence-corrected chi connectivity index (χ1v) is 6.06. The second-order valence-electron chi connectivity index (χ2n) is 4.11. The highest BCUT2D eigenvalue weighted by Crippen LogP contribution is 2.13. The molecule has 1 heterocycles. The molecular formula is C15H13NO4. The predicted molar refractivity (Wildman–Crippen MR) is 71.8 cm³/mol. The number of ether oxygens (including phenoxy) is 1. The highest BCUT2D eigenvalue weighted by atomic mass is 16.5. The third-order valence-corrected chi connectivity index (χ3v) is 2.72. The standard InChI is InChI=1S/C15H13NO4/c17-14(15(18)19)12-1-3-13(4-2-12)20-10-7-11-5-8-16-9-6-11/h1-6,8-9H,7,10H2,(H,18,19). The van der Waals surface area contributed by atoms with Crippen molar-refractivity contribution in [3.8, 4) is 5.75 Å². The number of carboxylic acids is 1. The molecule has 0 aliphatic rings. The summed E-state index contributed by atoms with van der Waals surface area (Å²) in [4.78, 5) is 25.7. The van der Waals surface area contributed by atoms with Gasteiger partial charge < -0.3 is 9.84 Å². The number of carbonyl (C=O) groups is 2. The number of hydrogen-bond acceptors (Lipinski definition) is 4. The maximum absolute atomic E-state index is 11.2. The fraction of sp³-hybridized carbons (Fsp3) is 0.133. The summed E-state index contributed by atoms with van der Waals surface area (Å²) in [7, 11) is 0. The molecule has 0 aliphatic carbocycles. The van der Waals surface area contributed by atoms with Crippen molar-refractivity contribution in [1.82, 2.24) is 4.98 Å². The van der Waals surface area contributed by atoms with Crippen molar-refractivity contribution in [2.75, 3.05) is 6.61 Å². The Morgan fingerprint density at radius 3 is 2.30 bits per heavy atom. The second-order valence-corrected chi connectivity index (χ2v) is 4.11. The molecule has 0 aliphatic heterocycles. The number of aromatic nitrogens is 1. The normalized spacial score (nSPS) is 10.0. The van der Waals surface area contributed by atoms with E-state index >= 15 is 0 Å². The van der Waals surface area contributed by atoms with Crippen LogP contribution in [0, 0.1) is 0 Å². The molecule has 0 atom stereocenters. The maximum Gasteiger partial charge on any atom is 0.377 e. The average molecular weight is 271 g/mol. The van der Waals surface area contributed by atoms with Crippen molar-refractivity contribution in [2.24, 2.45) is 0 Å². The molecule has 0 bridgehead atoms. The largest absolute Gasteiger partial charge is 0.493 e. The van der Waals surface area contributed by atoms with Crippen LogP contribution in [0.3, 0.4) is 0 Å². The molecule has 1 aromatic carbocycles. The average Bonchev–Trinajstić information content (AvgIpc) is 2.48. The summed E-state index contributed by atoms with van der Waals surface area (Å²) in [5.74, 6) is -1.79. The number of Topliss-reactive ketones (excluding diaryl/α,β-unsaturated/α-hetero) is 1. The Morgan fingerprint density at radius 2 is 1.70 bits per heavy atom. The van der Waals surface area contributed by atoms with Gasteiger partial charge in [-0.15, -0.1) is 0 Å². The first-order valence-electron chi connectivity index (χ1n) is 6.06. The Balaban J connectivity index is 1.88. The van der Waals surface area contributed by atoms with E-state index in [1.807, 2.05) is 12.1 Å². The Kier molecular flexibility index (Phi) is 4.44. The van der Waals surface area contributed by atoms with Crippen LogP contribution in [0.1, 0.15) is 15.9 Å². The second kappa shape index (κ2) is 6.47. The topological polar surface area (TPSA) is 76.5 Å². The van der Waals surface area contributed by atoms with Crippen molar-refractivity contribution in [2.45, 2.75) is 6.42 Å². The van der Waals surface area contributed by atoms with Crippen molar-refractivity contribution < 1.29 is 19.4 Å². The molecule has 0 radical (unpaired) electrons. The van der Waals surface area contributed by atoms with Crippen LogP contribution in [0.25, 0.3) is 0 Å². The van der Waals surface area contributed by atoms with Crippen LogP contribution in [0.5, 0.6) is 5.75 Å². The zero-order valence-electron chi connectivity index (χ0n) is 10.7. The van der Waals surface area contributed by atoms with E-state index in [0.29, 0.717) is 12.4 Å². The molecule has 0 unspecified atom stereocenters. The molecule has 0 fully saturated rings. The van der Waals surface area contributed by atoms with Crippen LogP contribution in [-0.4, -0.2) is 28.4 Å². The summed E-state index contributed by atoms with van der Waals surface area (Å²) in [5.41, 5.74) is 1.26. The Morgan fingerprint density at radius 1 is 1.05 bits per heavy atom. The monoisotopic (exact) mass is 271 g/mol. The van der Waals surface area contributed by atoms with Crippen LogP contribution in [0.15, 0.2) is 48.8 Å². The Labute approximate surface area is 115 Å². The third-order valence-electron chi connectivity index (χ3n) is 2.72. The molecule has 20 heavy (non-hydrogen) atoms. The molecule has 2 aromatic rings. The molecule has 5 heteroatoms. The van der Waals surface area contributed by atoms with Gasteiger partial charge in [-0.1, -0.05) is 0 Å². The number of ketones is 1. The van der Waals surface area contributed by atoms with E-state index in [1.165, 1.54) is 12.1 Å². The van der Waals surface area contributed by atoms with Gasteiger partial charge in [0.25, 0.3) is 5.78 Å². The van der Waals surface area contributed by atoms with Gasteiger partial charge >= 0.3 is 5.97 Å². The number of aliphatic carboxylic acids is 1. The first-order chi connectivity index (χ1) is 9.66. The lowest BCUT2D eigenvalue weighted by Gasteiger charge is -2.06. The molecule has 0 saturated carbocycles. The van der Waals surface area contributed by atoms with Crippen molar-refractivity contribution in [3.63, 3.8) is 0 Å². The minimum atomic E-state index is -1.46. The number of benzene rings is 1. The molecule has 102 valence electrons. The van der Waals surface area contributed by atoms with Crippen LogP contribution >= 0.6 is 0 Å². The number of pyridine rings is 1. The van der Waals surface area contributed by atoms with Gasteiger partial charge in [0.05, 0.1) is 6.61 Å². The minimum absolute atomic E-state index is 0.138. The summed E-state index contributed by atoms with van der Waals surface area (Å²) >= 11 is 0. The summed E-state index contributed by atoms with van der Waals surface area (Å²) < 4.78 is 5.53. The molecule has 2 rings (SSSR count). The van der Waals surface area contributed by atoms with Gasteiger partial charge in [0.1, 0.15) is 5.75 Å². The zero-order valence-corrected chi connectivity index (χ0v) is 10.7. The van der Waals surface area contributed by atoms with E-state index in [2.05, 4.69) is 4.98 Å². The van der Waals surface area contributed by atoms with Crippen molar-refractivity contribution >= 4 is 11.8 Å². The maximum atomic E-state index is 11.2. The fourth-order valence-corrected chi connectivity index (χ4v) is 1.66. The van der Waals surface area contributed by atoms with E-state index in [-0.39, 0.29) is 5.56 Å². The van der Waals surface area contributed by atoms with Crippen LogP contribution in [0.4, 0.5) is 0 Å². The number of carboxylic acid groups (broad SMARTS) is 1. The van der Waals surface area contributed by atoms with Gasteiger partial charge in [0.2, 0.25) is 0 Å². The van der Waals surface area contributed by atoms with E-state index < -0.39 is 11.8 Å². The summed E-state index contributed by atoms with van der Waals surface area (Å²) in [6, 6.07) is 9.89. The Hall–Kier alpha value is -2.69. The van der Waals surface area contributed by atoms with E-state index in [9.17, 15) is 9.59 Å². The van der Waals surface area contributed by atoms with Gasteiger partial charge in [-0.25, -0.2) is 4.79 Å². The fourth-order valence-electron chi connectivity index (χ4n) is 1.66. The molecule has 1 N–H and O–H groups in total. The number of nitrogens with zero attached hydrogens (tertiary/aromatic N) is 1. The van der Waals surface area contributed by atoms with Crippen LogP contribution in [0.2, 0.25) is 0 Å². The highest BCUT2D eigenvalue weighted by Gasteiger charge is 2.13. The van der Waals surface area contributed by atoms with E-state index in [4.69, 9.17) is 9.84 Å². The van der Waals surface area contributed by atoms with Crippen molar-refractivity contribution in [1.29, 1.82) is 0 Å². The van der Waals surface area contributed by atoms with E-state index in [0.717, 1.165) is 12.0 Å². The minimum Gasteiger partial charge on any atom is -0.493 e. The SMILES string of the molecule is O=C(O)C(=O)c1ccc(OCCc2ccncc2)cc1.